The van der Waals surface area contributed by atoms with E-state index in [9.17, 15) is 5.11 Å². The maximum absolute atomic E-state index is 9.84. The molecule has 16 heavy (non-hydrogen) atoms. The van der Waals surface area contributed by atoms with Crippen LogP contribution in [0.4, 0.5) is 0 Å². The lowest BCUT2D eigenvalue weighted by atomic mass is 10.1. The number of ether oxygens (including phenoxy) is 1. The summed E-state index contributed by atoms with van der Waals surface area (Å²) in [6.07, 6.45) is 0.0857. The van der Waals surface area contributed by atoms with E-state index in [1.807, 2.05) is 32.0 Å². The molecule has 1 aromatic carbocycles. The van der Waals surface area contributed by atoms with Gasteiger partial charge >= 0.3 is 0 Å². The van der Waals surface area contributed by atoms with E-state index in [0.717, 1.165) is 16.2 Å². The third kappa shape index (κ3) is 2.34. The summed E-state index contributed by atoms with van der Waals surface area (Å²) >= 11 is 1.70. The SMILES string of the molecule is CC1(C)Oc2cc(C(O)CCN)ccc2S1. The Morgan fingerprint density at radius 2 is 2.25 bits per heavy atom. The van der Waals surface area contributed by atoms with Crippen molar-refractivity contribution in [1.82, 2.24) is 0 Å². The van der Waals surface area contributed by atoms with Crippen LogP contribution in [0.2, 0.25) is 0 Å². The molecule has 0 saturated carbocycles. The molecule has 0 fully saturated rings. The van der Waals surface area contributed by atoms with Crippen molar-refractivity contribution in [3.63, 3.8) is 0 Å². The van der Waals surface area contributed by atoms with Gasteiger partial charge in [-0.15, -0.1) is 0 Å². The number of fused-ring (bicyclic) bond motifs is 1. The van der Waals surface area contributed by atoms with E-state index in [-0.39, 0.29) is 4.93 Å². The molecule has 1 heterocycles. The van der Waals surface area contributed by atoms with Gasteiger partial charge in [-0.2, -0.15) is 0 Å². The summed E-state index contributed by atoms with van der Waals surface area (Å²) in [4.78, 5) is 0.924. The normalized spacial score (nSPS) is 19.0. The number of rotatable bonds is 3. The number of aliphatic hydroxyl groups excluding tert-OH is 1. The van der Waals surface area contributed by atoms with Crippen LogP contribution in [0.25, 0.3) is 0 Å². The number of benzene rings is 1. The Morgan fingerprint density at radius 1 is 1.50 bits per heavy atom. The first-order chi connectivity index (χ1) is 7.52. The highest BCUT2D eigenvalue weighted by Crippen LogP contribution is 2.47. The second kappa shape index (κ2) is 4.28. The molecule has 1 aliphatic rings. The van der Waals surface area contributed by atoms with Crippen molar-refractivity contribution in [3.8, 4) is 5.75 Å². The van der Waals surface area contributed by atoms with Crippen molar-refractivity contribution in [2.24, 2.45) is 5.73 Å². The average molecular weight is 239 g/mol. The molecule has 0 radical (unpaired) electrons. The third-order valence-electron chi connectivity index (χ3n) is 2.50. The first kappa shape index (κ1) is 11.8. The number of hydrogen-bond donors (Lipinski definition) is 2. The summed E-state index contributed by atoms with van der Waals surface area (Å²) in [6, 6.07) is 5.86. The molecule has 0 spiro atoms. The van der Waals surface area contributed by atoms with Crippen LogP contribution in [-0.4, -0.2) is 16.6 Å². The van der Waals surface area contributed by atoms with E-state index in [1.165, 1.54) is 0 Å². The molecule has 1 atom stereocenters. The van der Waals surface area contributed by atoms with Crippen molar-refractivity contribution in [2.75, 3.05) is 6.54 Å². The molecule has 0 saturated heterocycles. The molecule has 88 valence electrons. The van der Waals surface area contributed by atoms with Gasteiger partial charge in [0.05, 0.1) is 11.0 Å². The van der Waals surface area contributed by atoms with Crippen LogP contribution < -0.4 is 10.5 Å². The minimum atomic E-state index is -0.493. The number of thioether (sulfide) groups is 1. The van der Waals surface area contributed by atoms with Gasteiger partial charge in [-0.1, -0.05) is 17.8 Å². The van der Waals surface area contributed by atoms with Crippen LogP contribution in [-0.2, 0) is 0 Å². The zero-order chi connectivity index (χ0) is 11.8. The third-order valence-corrected chi connectivity index (χ3v) is 3.64. The van der Waals surface area contributed by atoms with Gasteiger partial charge in [0.2, 0.25) is 0 Å². The number of hydrogen-bond acceptors (Lipinski definition) is 4. The minimum absolute atomic E-state index is 0.209. The van der Waals surface area contributed by atoms with Gasteiger partial charge in [0.1, 0.15) is 5.75 Å². The van der Waals surface area contributed by atoms with Crippen molar-refractivity contribution in [1.29, 1.82) is 0 Å². The Balaban J connectivity index is 2.22. The predicted octanol–water partition coefficient (Wildman–Crippen LogP) is 2.29. The molecule has 1 unspecified atom stereocenters. The molecule has 2 rings (SSSR count). The molecule has 0 bridgehead atoms. The summed E-state index contributed by atoms with van der Waals surface area (Å²) in [5, 5.41) is 9.84. The molecule has 0 aliphatic carbocycles. The highest BCUT2D eigenvalue weighted by atomic mass is 32.2. The fourth-order valence-corrected chi connectivity index (χ4v) is 2.77. The van der Waals surface area contributed by atoms with Crippen LogP contribution >= 0.6 is 11.8 Å². The van der Waals surface area contributed by atoms with E-state index in [2.05, 4.69) is 0 Å². The van der Waals surface area contributed by atoms with Crippen molar-refractivity contribution in [2.45, 2.75) is 36.2 Å². The molecule has 0 amide bonds. The number of aliphatic hydroxyl groups is 1. The molecule has 1 aliphatic heterocycles. The van der Waals surface area contributed by atoms with Gasteiger partial charge in [-0.05, 0) is 44.5 Å². The van der Waals surface area contributed by atoms with Crippen molar-refractivity contribution >= 4 is 11.8 Å². The van der Waals surface area contributed by atoms with Gasteiger partial charge < -0.3 is 15.6 Å². The molecular formula is C12H17NO2S. The van der Waals surface area contributed by atoms with Crippen LogP contribution in [0.3, 0.4) is 0 Å². The second-order valence-electron chi connectivity index (χ2n) is 4.40. The van der Waals surface area contributed by atoms with E-state index in [0.29, 0.717) is 13.0 Å². The Kier molecular flexibility index (Phi) is 3.15. The van der Waals surface area contributed by atoms with Gasteiger partial charge in [0.25, 0.3) is 0 Å². The zero-order valence-electron chi connectivity index (χ0n) is 9.56. The second-order valence-corrected chi connectivity index (χ2v) is 6.03. The minimum Gasteiger partial charge on any atom is -0.476 e. The molecular weight excluding hydrogens is 222 g/mol. The summed E-state index contributed by atoms with van der Waals surface area (Å²) < 4.78 is 5.78. The van der Waals surface area contributed by atoms with Gasteiger partial charge in [-0.3, -0.25) is 0 Å². The first-order valence-electron chi connectivity index (χ1n) is 5.42. The van der Waals surface area contributed by atoms with Crippen LogP contribution in [0, 0.1) is 0 Å². The van der Waals surface area contributed by atoms with Gasteiger partial charge in [0.15, 0.2) is 4.93 Å². The average Bonchev–Trinajstić information content (AvgIpc) is 2.50. The first-order valence-corrected chi connectivity index (χ1v) is 6.23. The maximum atomic E-state index is 9.84. The van der Waals surface area contributed by atoms with E-state index in [1.54, 1.807) is 11.8 Å². The summed E-state index contributed by atoms with van der Waals surface area (Å²) in [7, 11) is 0. The number of nitrogens with two attached hydrogens (primary N) is 1. The van der Waals surface area contributed by atoms with Crippen molar-refractivity contribution < 1.29 is 9.84 Å². The summed E-state index contributed by atoms with van der Waals surface area (Å²) in [5.41, 5.74) is 6.30. The maximum Gasteiger partial charge on any atom is 0.153 e. The van der Waals surface area contributed by atoms with Crippen LogP contribution in [0.15, 0.2) is 23.1 Å². The fraction of sp³-hybridized carbons (Fsp3) is 0.500. The Hall–Kier alpha value is -0.710. The zero-order valence-corrected chi connectivity index (χ0v) is 10.4. The molecule has 3 N–H and O–H groups in total. The monoisotopic (exact) mass is 239 g/mol. The highest BCUT2D eigenvalue weighted by molar-refractivity contribution is 8.00. The fourth-order valence-electron chi connectivity index (χ4n) is 1.77. The smallest absolute Gasteiger partial charge is 0.153 e. The van der Waals surface area contributed by atoms with E-state index < -0.39 is 6.10 Å². The predicted molar refractivity (Wildman–Crippen MR) is 65.6 cm³/mol. The van der Waals surface area contributed by atoms with Crippen LogP contribution in [0.1, 0.15) is 31.9 Å². The highest BCUT2D eigenvalue weighted by Gasteiger charge is 2.31. The van der Waals surface area contributed by atoms with Crippen molar-refractivity contribution in [3.05, 3.63) is 23.8 Å². The quantitative estimate of drug-likeness (QED) is 0.849. The lowest BCUT2D eigenvalue weighted by molar-refractivity contribution is 0.168. The van der Waals surface area contributed by atoms with Crippen LogP contribution in [0.5, 0.6) is 5.75 Å². The van der Waals surface area contributed by atoms with E-state index in [4.69, 9.17) is 10.5 Å². The van der Waals surface area contributed by atoms with Gasteiger partial charge in [-0.25, -0.2) is 0 Å². The summed E-state index contributed by atoms with van der Waals surface area (Å²) in [5.74, 6) is 0.864. The topological polar surface area (TPSA) is 55.5 Å². The molecule has 0 aromatic heterocycles. The Morgan fingerprint density at radius 3 is 2.94 bits per heavy atom. The lowest BCUT2D eigenvalue weighted by Gasteiger charge is -2.16. The Labute approximate surface area is 100.0 Å². The van der Waals surface area contributed by atoms with Gasteiger partial charge in [0, 0.05) is 0 Å². The summed E-state index contributed by atoms with van der Waals surface area (Å²) in [6.45, 7) is 4.56. The Bertz CT molecular complexity index is 393. The standard InChI is InChI=1S/C12H17NO2S/c1-12(2)15-10-7-8(9(14)5-6-13)3-4-11(10)16-12/h3-4,7,9,14H,5-6,13H2,1-2H3. The molecule has 4 heteroatoms. The largest absolute Gasteiger partial charge is 0.476 e. The molecule has 1 aromatic rings. The molecule has 3 nitrogen and oxygen atoms in total. The van der Waals surface area contributed by atoms with E-state index >= 15 is 0 Å². The lowest BCUT2D eigenvalue weighted by Crippen LogP contribution is -2.18.